The number of likely N-dealkylation sites (tertiary alicyclic amines) is 1. The molecule has 0 unspecified atom stereocenters. The summed E-state index contributed by atoms with van der Waals surface area (Å²) in [7, 11) is 3.22. The van der Waals surface area contributed by atoms with Crippen LogP contribution in [0.4, 0.5) is 17.5 Å². The molecule has 2 aromatic heterocycles. The molecule has 1 amide bonds. The Morgan fingerprint density at radius 3 is 2.89 bits per heavy atom. The predicted molar refractivity (Wildman–Crippen MR) is 140 cm³/mol. The van der Waals surface area contributed by atoms with Crippen LogP contribution in [-0.4, -0.2) is 90.5 Å². The average Bonchev–Trinajstić information content (AvgIpc) is 3.40. The number of fused-ring (bicyclic) bond motifs is 1. The summed E-state index contributed by atoms with van der Waals surface area (Å²) in [5.41, 5.74) is 1.95. The highest BCUT2D eigenvalue weighted by Gasteiger charge is 2.23. The van der Waals surface area contributed by atoms with Gasteiger partial charge in [-0.3, -0.25) is 4.79 Å². The van der Waals surface area contributed by atoms with Crippen LogP contribution in [0.25, 0.3) is 11.2 Å². The van der Waals surface area contributed by atoms with Crippen molar-refractivity contribution in [3.8, 4) is 11.5 Å². The van der Waals surface area contributed by atoms with E-state index in [-0.39, 0.29) is 11.9 Å². The lowest BCUT2D eigenvalue weighted by Crippen LogP contribution is -2.44. The molecule has 1 saturated heterocycles. The SMILES string of the molecule is C=CC(=O)N1CCC[C@H](Nc2nc(Nc3ccc(OCCOCCOC)c(OC)c3)nc3nc[nH]c23)C1. The third-order valence-electron chi connectivity index (χ3n) is 5.87. The molecule has 1 aliphatic rings. The van der Waals surface area contributed by atoms with Crippen LogP contribution in [0, 0.1) is 0 Å². The maximum Gasteiger partial charge on any atom is 0.246 e. The number of anilines is 3. The van der Waals surface area contributed by atoms with E-state index in [0.29, 0.717) is 67.4 Å². The van der Waals surface area contributed by atoms with Gasteiger partial charge in [-0.05, 0) is 31.1 Å². The van der Waals surface area contributed by atoms with Crippen LogP contribution in [0.15, 0.2) is 37.2 Å². The van der Waals surface area contributed by atoms with Crippen LogP contribution >= 0.6 is 0 Å². The second kappa shape index (κ2) is 12.9. The van der Waals surface area contributed by atoms with Crippen molar-refractivity contribution in [2.45, 2.75) is 18.9 Å². The number of hydrogen-bond acceptors (Lipinski definition) is 10. The van der Waals surface area contributed by atoms with E-state index in [1.807, 2.05) is 18.2 Å². The summed E-state index contributed by atoms with van der Waals surface area (Å²) in [6.07, 6.45) is 4.74. The summed E-state index contributed by atoms with van der Waals surface area (Å²) in [4.78, 5) is 30.5. The average molecular weight is 512 g/mol. The zero-order chi connectivity index (χ0) is 26.0. The van der Waals surface area contributed by atoms with Crippen molar-refractivity contribution >= 4 is 34.5 Å². The standard InChI is InChI=1S/C25H33N7O5/c1-4-21(33)32-9-5-6-18(15-32)28-24-22-23(27-16-26-22)30-25(31-24)29-17-7-8-19(20(14-17)35-3)37-13-12-36-11-10-34-2/h4,7-8,14,16,18H,1,5-6,9-13,15H2,2-3H3,(H3,26,27,28,29,30,31)/t18-/m0/s1. The van der Waals surface area contributed by atoms with Gasteiger partial charge in [-0.15, -0.1) is 0 Å². The number of benzene rings is 1. The van der Waals surface area contributed by atoms with Crippen LogP contribution in [0.2, 0.25) is 0 Å². The molecule has 0 aliphatic carbocycles. The van der Waals surface area contributed by atoms with Crippen molar-refractivity contribution in [3.05, 3.63) is 37.2 Å². The smallest absolute Gasteiger partial charge is 0.246 e. The minimum atomic E-state index is -0.0665. The summed E-state index contributed by atoms with van der Waals surface area (Å²) in [6, 6.07) is 5.53. The highest BCUT2D eigenvalue weighted by atomic mass is 16.5. The van der Waals surface area contributed by atoms with E-state index in [1.54, 1.807) is 25.4 Å². The fraction of sp³-hybridized carbons (Fsp3) is 0.440. The number of carbonyl (C=O) groups is 1. The number of methoxy groups -OCH3 is 2. The molecule has 12 nitrogen and oxygen atoms in total. The number of ether oxygens (including phenoxy) is 4. The molecule has 0 radical (unpaired) electrons. The van der Waals surface area contributed by atoms with Crippen molar-refractivity contribution in [1.82, 2.24) is 24.8 Å². The van der Waals surface area contributed by atoms with E-state index in [1.165, 1.54) is 6.08 Å². The van der Waals surface area contributed by atoms with Crippen LogP contribution in [-0.2, 0) is 14.3 Å². The minimum Gasteiger partial charge on any atom is -0.493 e. The molecule has 1 aliphatic heterocycles. The number of aromatic amines is 1. The molecule has 198 valence electrons. The topological polar surface area (TPSA) is 136 Å². The first-order valence-corrected chi connectivity index (χ1v) is 12.1. The highest BCUT2D eigenvalue weighted by Crippen LogP contribution is 2.32. The Bertz CT molecular complexity index is 1200. The van der Waals surface area contributed by atoms with Gasteiger partial charge in [0.2, 0.25) is 11.9 Å². The van der Waals surface area contributed by atoms with E-state index in [9.17, 15) is 4.79 Å². The maximum absolute atomic E-state index is 12.1. The Hall–Kier alpha value is -3.90. The number of rotatable bonds is 13. The number of piperidine rings is 1. The molecule has 37 heavy (non-hydrogen) atoms. The quantitative estimate of drug-likeness (QED) is 0.232. The van der Waals surface area contributed by atoms with Gasteiger partial charge in [-0.1, -0.05) is 6.58 Å². The fourth-order valence-corrected chi connectivity index (χ4v) is 4.06. The van der Waals surface area contributed by atoms with E-state index >= 15 is 0 Å². The van der Waals surface area contributed by atoms with Crippen molar-refractivity contribution in [3.63, 3.8) is 0 Å². The fourth-order valence-electron chi connectivity index (χ4n) is 4.06. The number of nitrogens with one attached hydrogen (secondary N) is 3. The highest BCUT2D eigenvalue weighted by molar-refractivity contribution is 5.87. The first-order chi connectivity index (χ1) is 18.1. The molecule has 1 aromatic carbocycles. The summed E-state index contributed by atoms with van der Waals surface area (Å²) in [5.74, 6) is 2.09. The molecule has 12 heteroatoms. The lowest BCUT2D eigenvalue weighted by molar-refractivity contribution is -0.127. The number of carbonyl (C=O) groups excluding carboxylic acids is 1. The molecule has 0 bridgehead atoms. The van der Waals surface area contributed by atoms with Gasteiger partial charge in [-0.2, -0.15) is 9.97 Å². The number of nitrogens with zero attached hydrogens (tertiary/aromatic N) is 4. The molecule has 1 fully saturated rings. The molecule has 0 spiro atoms. The molecule has 3 heterocycles. The summed E-state index contributed by atoms with van der Waals surface area (Å²) < 4.78 is 21.7. The Balaban J connectivity index is 1.45. The molecule has 4 rings (SSSR count). The minimum absolute atomic E-state index is 0.0434. The van der Waals surface area contributed by atoms with E-state index in [2.05, 4.69) is 37.1 Å². The monoisotopic (exact) mass is 511 g/mol. The van der Waals surface area contributed by atoms with Crippen molar-refractivity contribution in [1.29, 1.82) is 0 Å². The Kier molecular flexibility index (Phi) is 9.11. The first kappa shape index (κ1) is 26.2. The number of H-pyrrole nitrogens is 1. The molecular formula is C25H33N7O5. The van der Waals surface area contributed by atoms with Gasteiger partial charge in [0, 0.05) is 38.0 Å². The molecule has 3 N–H and O–H groups in total. The van der Waals surface area contributed by atoms with Gasteiger partial charge in [0.25, 0.3) is 0 Å². The second-order valence-corrected chi connectivity index (χ2v) is 8.41. The van der Waals surface area contributed by atoms with Crippen LogP contribution in [0.1, 0.15) is 12.8 Å². The molecule has 3 aromatic rings. The van der Waals surface area contributed by atoms with Crippen LogP contribution in [0.5, 0.6) is 11.5 Å². The van der Waals surface area contributed by atoms with Gasteiger partial charge in [0.05, 0.1) is 33.3 Å². The zero-order valence-corrected chi connectivity index (χ0v) is 21.2. The first-order valence-electron chi connectivity index (χ1n) is 12.1. The van der Waals surface area contributed by atoms with Crippen molar-refractivity contribution in [2.75, 3.05) is 64.4 Å². The summed E-state index contributed by atoms with van der Waals surface area (Å²) in [5, 5.41) is 6.69. The van der Waals surface area contributed by atoms with E-state index in [0.717, 1.165) is 25.1 Å². The Labute approximate surface area is 215 Å². The Morgan fingerprint density at radius 2 is 2.08 bits per heavy atom. The Morgan fingerprint density at radius 1 is 1.22 bits per heavy atom. The lowest BCUT2D eigenvalue weighted by atomic mass is 10.1. The van der Waals surface area contributed by atoms with Crippen LogP contribution < -0.4 is 20.1 Å². The normalized spacial score (nSPS) is 15.4. The largest absolute Gasteiger partial charge is 0.493 e. The number of imidazole rings is 1. The molecule has 0 saturated carbocycles. The van der Waals surface area contributed by atoms with E-state index in [4.69, 9.17) is 18.9 Å². The zero-order valence-electron chi connectivity index (χ0n) is 21.2. The van der Waals surface area contributed by atoms with Gasteiger partial charge in [0.15, 0.2) is 23.0 Å². The summed E-state index contributed by atoms with van der Waals surface area (Å²) >= 11 is 0. The van der Waals surface area contributed by atoms with Crippen LogP contribution in [0.3, 0.4) is 0 Å². The number of aromatic nitrogens is 4. The number of amides is 1. The number of hydrogen-bond donors (Lipinski definition) is 3. The van der Waals surface area contributed by atoms with E-state index < -0.39 is 0 Å². The third kappa shape index (κ3) is 6.86. The van der Waals surface area contributed by atoms with Crippen molar-refractivity contribution < 1.29 is 23.7 Å². The molecular weight excluding hydrogens is 478 g/mol. The van der Waals surface area contributed by atoms with Gasteiger partial charge in [0.1, 0.15) is 12.1 Å². The second-order valence-electron chi connectivity index (χ2n) is 8.41. The van der Waals surface area contributed by atoms with Gasteiger partial charge >= 0.3 is 0 Å². The molecule has 1 atom stereocenters. The van der Waals surface area contributed by atoms with Gasteiger partial charge in [-0.25, -0.2) is 4.98 Å². The lowest BCUT2D eigenvalue weighted by Gasteiger charge is -2.32. The van der Waals surface area contributed by atoms with Crippen molar-refractivity contribution in [2.24, 2.45) is 0 Å². The summed E-state index contributed by atoms with van der Waals surface area (Å²) in [6.45, 7) is 6.78. The predicted octanol–water partition coefficient (Wildman–Crippen LogP) is 2.74. The third-order valence-corrected chi connectivity index (χ3v) is 5.87. The maximum atomic E-state index is 12.1. The van der Waals surface area contributed by atoms with Gasteiger partial charge < -0.3 is 39.5 Å².